The topological polar surface area (TPSA) is 162 Å². The molecule has 0 bridgehead atoms. The Morgan fingerprint density at radius 3 is 2.47 bits per heavy atom. The summed E-state index contributed by atoms with van der Waals surface area (Å²) in [5.74, 6) is -2.06. The van der Waals surface area contributed by atoms with Gasteiger partial charge in [0, 0.05) is 20.8 Å². The predicted molar refractivity (Wildman–Crippen MR) is 117 cm³/mol. The van der Waals surface area contributed by atoms with E-state index in [4.69, 9.17) is 30.5 Å². The van der Waals surface area contributed by atoms with Crippen LogP contribution in [0.25, 0.3) is 11.0 Å². The molecule has 0 N–H and O–H groups in total. The van der Waals surface area contributed by atoms with E-state index in [0.717, 1.165) is 31.8 Å². The summed E-state index contributed by atoms with van der Waals surface area (Å²) in [7, 11) is 0. The molecule has 0 aliphatic carbocycles. The molecule has 1 aliphatic rings. The number of esters is 3. The molecule has 184 valence electrons. The monoisotopic (exact) mass is 516 g/mol. The number of ether oxygens (including phenoxy) is 4. The van der Waals surface area contributed by atoms with Crippen LogP contribution in [0.2, 0.25) is 5.15 Å². The number of hydrogen-bond acceptors (Lipinski definition) is 12. The third-order valence-corrected chi connectivity index (χ3v) is 5.84. The molecule has 3 heterocycles. The molecule has 2 aromatic heterocycles. The third kappa shape index (κ3) is 4.79. The van der Waals surface area contributed by atoms with Crippen molar-refractivity contribution in [2.75, 3.05) is 12.9 Å². The lowest BCUT2D eigenvalue weighted by Gasteiger charge is -2.34. The summed E-state index contributed by atoms with van der Waals surface area (Å²) in [4.78, 5) is 54.8. The van der Waals surface area contributed by atoms with Crippen molar-refractivity contribution in [3.63, 3.8) is 0 Å². The maximum absolute atomic E-state index is 12.0. The molecular weight excluding hydrogens is 496 g/mol. The average Bonchev–Trinajstić information content (AvgIpc) is 3.22. The van der Waals surface area contributed by atoms with Crippen molar-refractivity contribution in [3.05, 3.63) is 21.5 Å². The fourth-order valence-corrected chi connectivity index (χ4v) is 4.49. The van der Waals surface area contributed by atoms with Crippen molar-refractivity contribution in [1.82, 2.24) is 14.5 Å². The first-order chi connectivity index (χ1) is 15.9. The SMILES string of the molecule is CSc1nc(Cl)c2c([N+](=O)[O-])cn(C3O[C@H](COC(C)=O)[C@@H](OC(C)=O)[C@@]3(C)OC(C)=O)c2n1. The highest BCUT2D eigenvalue weighted by molar-refractivity contribution is 7.98. The zero-order valence-corrected chi connectivity index (χ0v) is 20.3. The first-order valence-electron chi connectivity index (χ1n) is 9.81. The van der Waals surface area contributed by atoms with Gasteiger partial charge in [0.2, 0.25) is 0 Å². The maximum atomic E-state index is 12.0. The van der Waals surface area contributed by atoms with E-state index < -0.39 is 52.6 Å². The molecule has 0 radical (unpaired) electrons. The third-order valence-electron chi connectivity index (χ3n) is 5.02. The van der Waals surface area contributed by atoms with Gasteiger partial charge in [-0.3, -0.25) is 29.1 Å². The summed E-state index contributed by atoms with van der Waals surface area (Å²) in [6.07, 6.45) is -0.762. The molecule has 15 heteroatoms. The number of halogens is 1. The lowest BCUT2D eigenvalue weighted by atomic mass is 9.95. The quantitative estimate of drug-likeness (QED) is 0.101. The highest BCUT2D eigenvalue weighted by Crippen LogP contribution is 2.46. The van der Waals surface area contributed by atoms with E-state index >= 15 is 0 Å². The van der Waals surface area contributed by atoms with Gasteiger partial charge in [-0.25, -0.2) is 9.97 Å². The Kier molecular flexibility index (Phi) is 7.33. The minimum absolute atomic E-state index is 0.0362. The maximum Gasteiger partial charge on any atom is 0.303 e. The number of hydrogen-bond donors (Lipinski definition) is 0. The predicted octanol–water partition coefficient (Wildman–Crippen LogP) is 2.43. The Hall–Kier alpha value is -2.97. The molecule has 1 saturated heterocycles. The molecule has 0 aromatic carbocycles. The average molecular weight is 517 g/mol. The van der Waals surface area contributed by atoms with Crippen LogP contribution in [0.1, 0.15) is 33.9 Å². The molecule has 2 aromatic rings. The summed E-state index contributed by atoms with van der Waals surface area (Å²) in [5, 5.41) is 11.8. The second-order valence-corrected chi connectivity index (χ2v) is 8.65. The van der Waals surface area contributed by atoms with Crippen LogP contribution < -0.4 is 0 Å². The molecule has 0 saturated carbocycles. The van der Waals surface area contributed by atoms with E-state index in [0.29, 0.717) is 0 Å². The van der Waals surface area contributed by atoms with E-state index in [-0.39, 0.29) is 27.9 Å². The van der Waals surface area contributed by atoms with Crippen molar-refractivity contribution in [2.45, 2.75) is 56.9 Å². The molecule has 4 atom stereocenters. The van der Waals surface area contributed by atoms with Gasteiger partial charge in [0.25, 0.3) is 5.69 Å². The number of fused-ring (bicyclic) bond motifs is 1. The molecule has 1 aliphatic heterocycles. The summed E-state index contributed by atoms with van der Waals surface area (Å²) in [5.41, 5.74) is -2.07. The largest absolute Gasteiger partial charge is 0.463 e. The highest BCUT2D eigenvalue weighted by atomic mass is 35.5. The number of nitrogens with zero attached hydrogens (tertiary/aromatic N) is 4. The number of thioether (sulfide) groups is 1. The number of carbonyl (C=O) groups excluding carboxylic acids is 3. The Labute approximate surface area is 202 Å². The minimum atomic E-state index is -1.70. The first kappa shape index (κ1) is 25.6. The summed E-state index contributed by atoms with van der Waals surface area (Å²) in [6.45, 7) is 4.58. The van der Waals surface area contributed by atoms with Gasteiger partial charge in [-0.15, -0.1) is 0 Å². The van der Waals surface area contributed by atoms with E-state index in [1.54, 1.807) is 6.26 Å². The molecule has 1 fully saturated rings. The zero-order valence-electron chi connectivity index (χ0n) is 18.8. The number of carbonyl (C=O) groups is 3. The molecule has 1 unspecified atom stereocenters. The van der Waals surface area contributed by atoms with Gasteiger partial charge in [-0.05, 0) is 13.2 Å². The van der Waals surface area contributed by atoms with Gasteiger partial charge in [0.05, 0.1) is 11.1 Å². The number of aromatic nitrogens is 3. The zero-order chi connectivity index (χ0) is 25.4. The second-order valence-electron chi connectivity index (χ2n) is 7.52. The summed E-state index contributed by atoms with van der Waals surface area (Å²) >= 11 is 7.40. The van der Waals surface area contributed by atoms with Gasteiger partial charge < -0.3 is 18.9 Å². The van der Waals surface area contributed by atoms with Crippen LogP contribution >= 0.6 is 23.4 Å². The fourth-order valence-electron chi connectivity index (χ4n) is 3.82. The van der Waals surface area contributed by atoms with E-state index in [1.807, 2.05) is 0 Å². The molecule has 0 amide bonds. The summed E-state index contributed by atoms with van der Waals surface area (Å²) in [6, 6.07) is 0. The standard InChI is InChI=1S/C19H21ClN4O9S/c1-8(25)30-7-12-14(31-9(2)26)19(4,33-10(3)27)17(32-12)23-6-11(24(28)29)13-15(20)21-18(34-5)22-16(13)23/h6,12,14,17H,7H2,1-5H3/t12-,14-,17?,19-/m1/s1. The van der Waals surface area contributed by atoms with Crippen molar-refractivity contribution < 1.29 is 38.3 Å². The van der Waals surface area contributed by atoms with Gasteiger partial charge in [-0.1, -0.05) is 23.4 Å². The lowest BCUT2D eigenvalue weighted by molar-refractivity contribution is -0.383. The smallest absolute Gasteiger partial charge is 0.303 e. The molecule has 34 heavy (non-hydrogen) atoms. The van der Waals surface area contributed by atoms with Crippen LogP contribution in [-0.2, 0) is 33.3 Å². The molecule has 3 rings (SSSR count). The Balaban J connectivity index is 2.25. The lowest BCUT2D eigenvalue weighted by Crippen LogP contribution is -2.50. The van der Waals surface area contributed by atoms with Crippen molar-refractivity contribution in [3.8, 4) is 0 Å². The molecule has 13 nitrogen and oxygen atoms in total. The fraction of sp³-hybridized carbons (Fsp3) is 0.526. The van der Waals surface area contributed by atoms with Gasteiger partial charge in [-0.2, -0.15) is 0 Å². The second kappa shape index (κ2) is 9.72. The van der Waals surface area contributed by atoms with Gasteiger partial charge in [0.15, 0.2) is 28.7 Å². The Bertz CT molecular complexity index is 1170. The van der Waals surface area contributed by atoms with Crippen LogP contribution in [0.3, 0.4) is 0 Å². The summed E-state index contributed by atoms with van der Waals surface area (Å²) < 4.78 is 23.3. The molecule has 0 spiro atoms. The van der Waals surface area contributed by atoms with Crippen LogP contribution in [-0.4, -0.2) is 68.0 Å². The van der Waals surface area contributed by atoms with Crippen molar-refractivity contribution >= 4 is 58.0 Å². The normalized spacial score (nSPS) is 24.1. The highest BCUT2D eigenvalue weighted by Gasteiger charge is 2.60. The van der Waals surface area contributed by atoms with E-state index in [1.165, 1.54) is 18.4 Å². The van der Waals surface area contributed by atoms with E-state index in [2.05, 4.69) is 9.97 Å². The van der Waals surface area contributed by atoms with Crippen LogP contribution in [0.15, 0.2) is 11.4 Å². The Morgan fingerprint density at radius 1 is 1.26 bits per heavy atom. The number of rotatable bonds is 7. The van der Waals surface area contributed by atoms with E-state index in [9.17, 15) is 24.5 Å². The Morgan fingerprint density at radius 2 is 1.94 bits per heavy atom. The van der Waals surface area contributed by atoms with Crippen LogP contribution in [0.5, 0.6) is 0 Å². The van der Waals surface area contributed by atoms with Gasteiger partial charge >= 0.3 is 17.9 Å². The first-order valence-corrected chi connectivity index (χ1v) is 11.4. The van der Waals surface area contributed by atoms with Crippen LogP contribution in [0, 0.1) is 10.1 Å². The van der Waals surface area contributed by atoms with Crippen LogP contribution in [0.4, 0.5) is 5.69 Å². The number of nitro groups is 1. The van der Waals surface area contributed by atoms with Crippen molar-refractivity contribution in [2.24, 2.45) is 0 Å². The minimum Gasteiger partial charge on any atom is -0.463 e. The van der Waals surface area contributed by atoms with Gasteiger partial charge in [0.1, 0.15) is 23.3 Å². The molecular formula is C19H21ClN4O9S. The van der Waals surface area contributed by atoms with Crippen molar-refractivity contribution in [1.29, 1.82) is 0 Å².